The zero-order chi connectivity index (χ0) is 13.9. The first kappa shape index (κ1) is 21.4. The van der Waals surface area contributed by atoms with Crippen molar-refractivity contribution in [2.45, 2.75) is 45.4 Å². The van der Waals surface area contributed by atoms with E-state index in [1.54, 1.807) is 0 Å². The van der Waals surface area contributed by atoms with Gasteiger partial charge in [-0.25, -0.2) is 0 Å². The van der Waals surface area contributed by atoms with Crippen LogP contribution >= 0.6 is 0 Å². The summed E-state index contributed by atoms with van der Waals surface area (Å²) in [5, 5.41) is 11.2. The maximum Gasteiger partial charge on any atom is 1.00 e. The molecule has 106 valence electrons. The molecule has 1 N–H and O–H groups in total. The number of hydrogen-bond donors (Lipinski definition) is 1. The van der Waals surface area contributed by atoms with Crippen LogP contribution in [0, 0.1) is 0 Å². The summed E-state index contributed by atoms with van der Waals surface area (Å²) < 4.78 is 29.2. The fourth-order valence-corrected chi connectivity index (χ4v) is 1.62. The van der Waals surface area contributed by atoms with Crippen molar-refractivity contribution >= 4 is 16.0 Å². The molecule has 5 nitrogen and oxygen atoms in total. The van der Waals surface area contributed by atoms with Gasteiger partial charge in [-0.3, -0.25) is 4.55 Å². The first-order valence-electron chi connectivity index (χ1n) is 6.26. The van der Waals surface area contributed by atoms with Crippen molar-refractivity contribution in [1.29, 1.82) is 0 Å². The molecule has 0 fully saturated rings. The van der Waals surface area contributed by atoms with Crippen LogP contribution in [-0.4, -0.2) is 31.2 Å². The molecule has 0 aromatic carbocycles. The predicted molar refractivity (Wildman–Crippen MR) is 71.2 cm³/mol. The van der Waals surface area contributed by atoms with Gasteiger partial charge in [0.15, 0.2) is 0 Å². The SMILES string of the molecule is CCCC/C=C\CCCC([O-])=NCCS(=O)(=O)O.[Na+]. The fourth-order valence-electron chi connectivity index (χ4n) is 1.29. The third-order valence-electron chi connectivity index (χ3n) is 2.29. The second-order valence-electron chi connectivity index (χ2n) is 4.07. The zero-order valence-corrected chi connectivity index (χ0v) is 14.7. The minimum Gasteiger partial charge on any atom is -0.862 e. The van der Waals surface area contributed by atoms with E-state index in [-0.39, 0.29) is 42.0 Å². The number of unbranched alkanes of at least 4 members (excludes halogenated alkanes) is 3. The topological polar surface area (TPSA) is 89.8 Å². The summed E-state index contributed by atoms with van der Waals surface area (Å²) in [6.45, 7) is 1.98. The molecule has 0 aliphatic carbocycles. The molecule has 7 heteroatoms. The molecule has 0 aliphatic heterocycles. The number of nitrogens with zero attached hydrogens (tertiary/aromatic N) is 1. The summed E-state index contributed by atoms with van der Waals surface area (Å²) in [5.74, 6) is -0.795. The molecule has 0 amide bonds. The Morgan fingerprint density at radius 2 is 1.84 bits per heavy atom. The van der Waals surface area contributed by atoms with E-state index in [0.717, 1.165) is 19.3 Å². The van der Waals surface area contributed by atoms with Gasteiger partial charge in [0.1, 0.15) is 0 Å². The predicted octanol–water partition coefficient (Wildman–Crippen LogP) is -1.45. The van der Waals surface area contributed by atoms with Crippen LogP contribution in [0.1, 0.15) is 45.4 Å². The maximum absolute atomic E-state index is 11.2. The standard InChI is InChI=1S/C12H23NO4S.Na/c1-2-3-4-5-6-7-8-9-12(14)13-10-11-18(15,16)17;/h5-6H,2-4,7-11H2,1H3,(H,13,14)(H,15,16,17);/q;+1/p-1/b6-5-;. The summed E-state index contributed by atoms with van der Waals surface area (Å²) >= 11 is 0. The van der Waals surface area contributed by atoms with Gasteiger partial charge in [-0.1, -0.05) is 31.9 Å². The van der Waals surface area contributed by atoms with Crippen molar-refractivity contribution in [2.24, 2.45) is 4.99 Å². The molecule has 0 aromatic rings. The molecule has 0 bridgehead atoms. The van der Waals surface area contributed by atoms with Gasteiger partial charge in [-0.05, 0) is 31.6 Å². The molecule has 0 radical (unpaired) electrons. The number of aliphatic imine (C=N–C) groups is 1. The van der Waals surface area contributed by atoms with Crippen molar-refractivity contribution in [3.8, 4) is 0 Å². The van der Waals surface area contributed by atoms with Crippen LogP contribution in [0.25, 0.3) is 0 Å². The van der Waals surface area contributed by atoms with E-state index >= 15 is 0 Å². The second-order valence-corrected chi connectivity index (χ2v) is 5.64. The molecule has 19 heavy (non-hydrogen) atoms. The molecule has 0 atom stereocenters. The molecule has 0 rings (SSSR count). The summed E-state index contributed by atoms with van der Waals surface area (Å²) in [6, 6.07) is 0. The summed E-state index contributed by atoms with van der Waals surface area (Å²) in [7, 11) is -4.01. The first-order valence-corrected chi connectivity index (χ1v) is 7.87. The quantitative estimate of drug-likeness (QED) is 0.133. The van der Waals surface area contributed by atoms with Crippen LogP contribution in [0.3, 0.4) is 0 Å². The van der Waals surface area contributed by atoms with Crippen LogP contribution in [0.2, 0.25) is 0 Å². The molecule has 0 aromatic heterocycles. The van der Waals surface area contributed by atoms with Crippen molar-refractivity contribution in [3.63, 3.8) is 0 Å². The second kappa shape index (κ2) is 13.1. The van der Waals surface area contributed by atoms with Gasteiger partial charge in [0.05, 0.1) is 12.3 Å². The van der Waals surface area contributed by atoms with E-state index in [1.807, 2.05) is 0 Å². The van der Waals surface area contributed by atoms with Crippen molar-refractivity contribution in [2.75, 3.05) is 12.3 Å². The zero-order valence-electron chi connectivity index (χ0n) is 11.8. The Bertz CT molecular complexity index is 366. The molecule has 0 saturated heterocycles. The average molecular weight is 299 g/mol. The van der Waals surface area contributed by atoms with Crippen molar-refractivity contribution < 1.29 is 47.6 Å². The Labute approximate surface area is 138 Å². The maximum atomic E-state index is 11.2. The molecule has 0 unspecified atom stereocenters. The van der Waals surface area contributed by atoms with Crippen LogP contribution < -0.4 is 34.7 Å². The Hall–Kier alpha value is 0.120. The van der Waals surface area contributed by atoms with E-state index in [2.05, 4.69) is 24.1 Å². The summed E-state index contributed by atoms with van der Waals surface area (Å²) in [5.41, 5.74) is 0. The third-order valence-corrected chi connectivity index (χ3v) is 2.99. The van der Waals surface area contributed by atoms with E-state index in [9.17, 15) is 13.5 Å². The van der Waals surface area contributed by atoms with E-state index in [0.29, 0.717) is 6.42 Å². The Morgan fingerprint density at radius 1 is 1.26 bits per heavy atom. The van der Waals surface area contributed by atoms with Gasteiger partial charge in [0.25, 0.3) is 10.1 Å². The fraction of sp³-hybridized carbons (Fsp3) is 0.750. The molecule has 0 spiro atoms. The molecule has 0 saturated carbocycles. The molecular formula is C12H22NNaO4S. The third kappa shape index (κ3) is 18.1. The van der Waals surface area contributed by atoms with Gasteiger partial charge in [-0.2, -0.15) is 8.42 Å². The molecule has 0 aliphatic rings. The van der Waals surface area contributed by atoms with E-state index in [1.165, 1.54) is 12.8 Å². The Morgan fingerprint density at radius 3 is 2.37 bits per heavy atom. The van der Waals surface area contributed by atoms with Gasteiger partial charge < -0.3 is 10.1 Å². The van der Waals surface area contributed by atoms with Gasteiger partial charge in [0.2, 0.25) is 0 Å². The van der Waals surface area contributed by atoms with Gasteiger partial charge in [0, 0.05) is 0 Å². The first-order chi connectivity index (χ1) is 8.45. The normalized spacial score (nSPS) is 12.6. The number of hydrogen-bond acceptors (Lipinski definition) is 4. The van der Waals surface area contributed by atoms with Crippen LogP contribution in [0.15, 0.2) is 17.1 Å². The minimum absolute atomic E-state index is 0. The smallest absolute Gasteiger partial charge is 0.862 e. The van der Waals surface area contributed by atoms with Gasteiger partial charge >= 0.3 is 29.6 Å². The van der Waals surface area contributed by atoms with Crippen LogP contribution in [0.5, 0.6) is 0 Å². The van der Waals surface area contributed by atoms with E-state index in [4.69, 9.17) is 4.55 Å². The van der Waals surface area contributed by atoms with E-state index < -0.39 is 15.9 Å². The Kier molecular flexibility index (Phi) is 14.8. The average Bonchev–Trinajstić information content (AvgIpc) is 2.26. The summed E-state index contributed by atoms with van der Waals surface area (Å²) in [6.07, 6.45) is 9.48. The molecule has 0 heterocycles. The van der Waals surface area contributed by atoms with Crippen molar-refractivity contribution in [1.82, 2.24) is 0 Å². The van der Waals surface area contributed by atoms with Crippen LogP contribution in [-0.2, 0) is 10.1 Å². The Balaban J connectivity index is 0. The van der Waals surface area contributed by atoms with Crippen molar-refractivity contribution in [3.05, 3.63) is 12.2 Å². The monoisotopic (exact) mass is 299 g/mol. The largest absolute Gasteiger partial charge is 1.00 e. The number of allylic oxidation sites excluding steroid dienone is 2. The number of rotatable bonds is 10. The molecular weight excluding hydrogens is 277 g/mol. The summed E-state index contributed by atoms with van der Waals surface area (Å²) in [4.78, 5) is 3.55. The van der Waals surface area contributed by atoms with Crippen LogP contribution in [0.4, 0.5) is 0 Å². The van der Waals surface area contributed by atoms with Gasteiger partial charge in [-0.15, -0.1) is 0 Å². The minimum atomic E-state index is -4.01.